The standard InChI is InChI=1S/C17H24O2S/c1-12-4-6-14(7-5-12)20(19)11-17-9-8-13(10-15(17)18)16(17,2)3/h4-7,13,15,18H,8-11H2,1-3H3/t13-,15-,17-,20?/m1/s1. The Morgan fingerprint density at radius 1 is 1.30 bits per heavy atom. The van der Waals surface area contributed by atoms with Crippen molar-refractivity contribution in [1.82, 2.24) is 0 Å². The molecule has 0 heterocycles. The number of fused-ring (bicyclic) bond motifs is 2. The highest BCUT2D eigenvalue weighted by Crippen LogP contribution is 2.66. The van der Waals surface area contributed by atoms with E-state index in [2.05, 4.69) is 13.8 Å². The monoisotopic (exact) mass is 292 g/mol. The van der Waals surface area contributed by atoms with Crippen LogP contribution in [0.15, 0.2) is 29.2 Å². The van der Waals surface area contributed by atoms with Gasteiger partial charge in [0, 0.05) is 16.1 Å². The van der Waals surface area contributed by atoms with Crippen LogP contribution in [0.25, 0.3) is 0 Å². The van der Waals surface area contributed by atoms with E-state index in [-0.39, 0.29) is 16.9 Å². The maximum atomic E-state index is 12.7. The van der Waals surface area contributed by atoms with Crippen LogP contribution in [-0.4, -0.2) is 21.2 Å². The SMILES string of the molecule is Cc1ccc(S(=O)C[C@]23CC[C@H](C[C@H]2O)C3(C)C)cc1. The van der Waals surface area contributed by atoms with Gasteiger partial charge >= 0.3 is 0 Å². The van der Waals surface area contributed by atoms with Crippen LogP contribution in [0.3, 0.4) is 0 Å². The Balaban J connectivity index is 1.86. The van der Waals surface area contributed by atoms with Gasteiger partial charge in [0.2, 0.25) is 0 Å². The van der Waals surface area contributed by atoms with Gasteiger partial charge in [0.25, 0.3) is 0 Å². The first-order valence-electron chi connectivity index (χ1n) is 7.50. The second kappa shape index (κ2) is 4.67. The van der Waals surface area contributed by atoms with Gasteiger partial charge in [-0.1, -0.05) is 31.5 Å². The summed E-state index contributed by atoms with van der Waals surface area (Å²) in [6.07, 6.45) is 2.79. The van der Waals surface area contributed by atoms with Crippen molar-refractivity contribution in [3.63, 3.8) is 0 Å². The van der Waals surface area contributed by atoms with Gasteiger partial charge in [0.05, 0.1) is 16.9 Å². The summed E-state index contributed by atoms with van der Waals surface area (Å²) in [6.45, 7) is 6.55. The molecule has 0 saturated heterocycles. The highest BCUT2D eigenvalue weighted by atomic mass is 32.2. The molecule has 0 amide bonds. The minimum atomic E-state index is -1.02. The third-order valence-electron chi connectivity index (χ3n) is 6.06. The van der Waals surface area contributed by atoms with Gasteiger partial charge in [-0.3, -0.25) is 4.21 Å². The lowest BCUT2D eigenvalue weighted by Crippen LogP contribution is -2.43. The molecule has 1 unspecified atom stereocenters. The number of benzene rings is 1. The minimum Gasteiger partial charge on any atom is -0.392 e. The Labute approximate surface area is 124 Å². The maximum absolute atomic E-state index is 12.7. The first-order chi connectivity index (χ1) is 9.37. The smallest absolute Gasteiger partial charge is 0.0613 e. The Morgan fingerprint density at radius 2 is 1.95 bits per heavy atom. The van der Waals surface area contributed by atoms with Crippen molar-refractivity contribution in [2.75, 3.05) is 5.75 Å². The second-order valence-corrected chi connectivity index (χ2v) is 8.62. The number of aliphatic hydroxyl groups excluding tert-OH is 1. The zero-order valence-electron chi connectivity index (χ0n) is 12.6. The highest BCUT2D eigenvalue weighted by molar-refractivity contribution is 7.85. The first-order valence-corrected chi connectivity index (χ1v) is 8.82. The summed E-state index contributed by atoms with van der Waals surface area (Å²) in [5.74, 6) is 1.19. The molecule has 2 aliphatic rings. The van der Waals surface area contributed by atoms with Gasteiger partial charge in [-0.25, -0.2) is 0 Å². The molecule has 1 aromatic rings. The fourth-order valence-electron chi connectivity index (χ4n) is 4.39. The van der Waals surface area contributed by atoms with Crippen molar-refractivity contribution in [3.8, 4) is 0 Å². The van der Waals surface area contributed by atoms with E-state index in [9.17, 15) is 9.32 Å². The molecule has 2 saturated carbocycles. The molecule has 2 nitrogen and oxygen atoms in total. The van der Waals surface area contributed by atoms with Crippen LogP contribution in [0, 0.1) is 23.7 Å². The lowest BCUT2D eigenvalue weighted by Gasteiger charge is -2.40. The molecule has 2 aliphatic carbocycles. The summed E-state index contributed by atoms with van der Waals surface area (Å²) in [7, 11) is -1.02. The average Bonchev–Trinajstić information content (AvgIpc) is 2.73. The van der Waals surface area contributed by atoms with Crippen molar-refractivity contribution in [2.24, 2.45) is 16.7 Å². The molecule has 2 bridgehead atoms. The molecule has 0 aliphatic heterocycles. The van der Waals surface area contributed by atoms with E-state index >= 15 is 0 Å². The Kier molecular flexibility index (Phi) is 3.33. The van der Waals surface area contributed by atoms with Crippen LogP contribution >= 0.6 is 0 Å². The largest absolute Gasteiger partial charge is 0.392 e. The predicted octanol–water partition coefficient (Wildman–Crippen LogP) is 3.29. The Hall–Kier alpha value is -0.670. The van der Waals surface area contributed by atoms with E-state index < -0.39 is 10.8 Å². The molecule has 1 N–H and O–H groups in total. The first kappa shape index (κ1) is 14.3. The molecule has 0 radical (unpaired) electrons. The maximum Gasteiger partial charge on any atom is 0.0613 e. The van der Waals surface area contributed by atoms with Crippen LogP contribution in [-0.2, 0) is 10.8 Å². The molecule has 110 valence electrons. The van der Waals surface area contributed by atoms with Crippen LogP contribution in [0.4, 0.5) is 0 Å². The van der Waals surface area contributed by atoms with Gasteiger partial charge in [0.1, 0.15) is 0 Å². The molecular formula is C17H24O2S. The third kappa shape index (κ3) is 1.90. The molecule has 20 heavy (non-hydrogen) atoms. The van der Waals surface area contributed by atoms with E-state index in [0.717, 1.165) is 17.7 Å². The fraction of sp³-hybridized carbons (Fsp3) is 0.647. The average molecular weight is 292 g/mol. The quantitative estimate of drug-likeness (QED) is 0.928. The summed E-state index contributed by atoms with van der Waals surface area (Å²) in [5, 5.41) is 10.5. The fourth-order valence-corrected chi connectivity index (χ4v) is 6.17. The predicted molar refractivity (Wildman–Crippen MR) is 82.0 cm³/mol. The van der Waals surface area contributed by atoms with Crippen LogP contribution in [0.2, 0.25) is 0 Å². The topological polar surface area (TPSA) is 37.3 Å². The normalized spacial score (nSPS) is 36.2. The van der Waals surface area contributed by atoms with Crippen molar-refractivity contribution in [1.29, 1.82) is 0 Å². The van der Waals surface area contributed by atoms with Crippen LogP contribution < -0.4 is 0 Å². The zero-order chi connectivity index (χ0) is 14.5. The summed E-state index contributed by atoms with van der Waals surface area (Å²) in [4.78, 5) is 0.892. The molecule has 0 spiro atoms. The highest BCUT2D eigenvalue weighted by Gasteiger charge is 2.64. The van der Waals surface area contributed by atoms with Gasteiger partial charge in [-0.2, -0.15) is 0 Å². The van der Waals surface area contributed by atoms with Gasteiger partial charge in [-0.15, -0.1) is 0 Å². The minimum absolute atomic E-state index is 0.104. The second-order valence-electron chi connectivity index (χ2n) is 7.17. The van der Waals surface area contributed by atoms with Crippen molar-refractivity contribution in [3.05, 3.63) is 29.8 Å². The third-order valence-corrected chi connectivity index (χ3v) is 7.64. The number of rotatable bonds is 3. The number of aliphatic hydroxyl groups is 1. The molecule has 0 aromatic heterocycles. The molecular weight excluding hydrogens is 268 g/mol. The van der Waals surface area contributed by atoms with Crippen LogP contribution in [0.1, 0.15) is 38.7 Å². The molecule has 1 aromatic carbocycles. The number of aryl methyl sites for hydroxylation is 1. The summed E-state index contributed by atoms with van der Waals surface area (Å²) < 4.78 is 12.7. The lowest BCUT2D eigenvalue weighted by molar-refractivity contribution is 0.0160. The van der Waals surface area contributed by atoms with Crippen molar-refractivity contribution < 1.29 is 9.32 Å². The number of hydrogen-bond donors (Lipinski definition) is 1. The van der Waals surface area contributed by atoms with E-state index in [0.29, 0.717) is 11.7 Å². The van der Waals surface area contributed by atoms with Crippen molar-refractivity contribution >= 4 is 10.8 Å². The number of hydrogen-bond acceptors (Lipinski definition) is 2. The van der Waals surface area contributed by atoms with Crippen molar-refractivity contribution in [2.45, 2.75) is 51.0 Å². The van der Waals surface area contributed by atoms with E-state index in [4.69, 9.17) is 0 Å². The molecule has 3 heteroatoms. The zero-order valence-corrected chi connectivity index (χ0v) is 13.4. The van der Waals surface area contributed by atoms with E-state index in [1.165, 1.54) is 12.0 Å². The van der Waals surface area contributed by atoms with Gasteiger partial charge in [0.15, 0.2) is 0 Å². The molecule has 2 fully saturated rings. The summed E-state index contributed by atoms with van der Waals surface area (Å²) >= 11 is 0. The Morgan fingerprint density at radius 3 is 2.45 bits per heavy atom. The summed E-state index contributed by atoms with van der Waals surface area (Å²) in [5.41, 5.74) is 1.13. The van der Waals surface area contributed by atoms with Crippen LogP contribution in [0.5, 0.6) is 0 Å². The van der Waals surface area contributed by atoms with E-state index in [1.807, 2.05) is 31.2 Å². The molecule has 3 rings (SSSR count). The van der Waals surface area contributed by atoms with E-state index in [1.54, 1.807) is 0 Å². The van der Waals surface area contributed by atoms with Gasteiger partial charge < -0.3 is 5.11 Å². The lowest BCUT2D eigenvalue weighted by atomic mass is 9.70. The summed E-state index contributed by atoms with van der Waals surface area (Å²) in [6, 6.07) is 7.95. The Bertz CT molecular complexity index is 534. The van der Waals surface area contributed by atoms with Gasteiger partial charge in [-0.05, 0) is 49.7 Å². The molecule has 4 atom stereocenters.